The van der Waals surface area contributed by atoms with Crippen LogP contribution in [0.2, 0.25) is 0 Å². The molecule has 2 bridgehead atoms. The van der Waals surface area contributed by atoms with Crippen LogP contribution in [0.25, 0.3) is 0 Å². The minimum atomic E-state index is 0.144. The summed E-state index contributed by atoms with van der Waals surface area (Å²) >= 11 is 0. The molecule has 4 aliphatic rings. The van der Waals surface area contributed by atoms with E-state index in [4.69, 9.17) is 10.5 Å². The van der Waals surface area contributed by atoms with Gasteiger partial charge in [-0.2, -0.15) is 0 Å². The van der Waals surface area contributed by atoms with Crippen molar-refractivity contribution in [1.29, 1.82) is 0 Å². The zero-order valence-corrected chi connectivity index (χ0v) is 17.6. The zero-order valence-electron chi connectivity index (χ0n) is 17.6. The lowest BCUT2D eigenvalue weighted by molar-refractivity contribution is -0.128. The van der Waals surface area contributed by atoms with Crippen LogP contribution in [0.3, 0.4) is 0 Å². The largest absolute Gasteiger partial charge is 0.497 e. The van der Waals surface area contributed by atoms with Crippen molar-refractivity contribution in [3.63, 3.8) is 0 Å². The van der Waals surface area contributed by atoms with Gasteiger partial charge in [0.25, 0.3) is 0 Å². The number of hydrogen-bond acceptors (Lipinski definition) is 4. The van der Waals surface area contributed by atoms with E-state index in [0.29, 0.717) is 23.9 Å². The van der Waals surface area contributed by atoms with Crippen molar-refractivity contribution in [3.05, 3.63) is 29.8 Å². The zero-order chi connectivity index (χ0) is 20.0. The number of carbonyl (C=O) groups excluding carboxylic acids is 1. The molecule has 1 saturated heterocycles. The highest BCUT2D eigenvalue weighted by Gasteiger charge is 2.45. The van der Waals surface area contributed by atoms with Crippen LogP contribution < -0.4 is 15.8 Å². The molecular weight excluding hydrogens is 362 g/mol. The van der Waals surface area contributed by atoms with Crippen LogP contribution >= 0.6 is 0 Å². The molecule has 4 atom stereocenters. The molecule has 4 fully saturated rings. The quantitative estimate of drug-likeness (QED) is 0.800. The second-order valence-corrected chi connectivity index (χ2v) is 9.79. The fourth-order valence-corrected chi connectivity index (χ4v) is 6.34. The topological polar surface area (TPSA) is 67.6 Å². The molecule has 1 aromatic rings. The van der Waals surface area contributed by atoms with Gasteiger partial charge in [0.2, 0.25) is 5.91 Å². The maximum absolute atomic E-state index is 13.3. The highest BCUT2D eigenvalue weighted by molar-refractivity contribution is 5.79. The third-order valence-corrected chi connectivity index (χ3v) is 8.00. The Morgan fingerprint density at radius 1 is 1.14 bits per heavy atom. The van der Waals surface area contributed by atoms with Gasteiger partial charge in [-0.1, -0.05) is 18.6 Å². The number of likely N-dealkylation sites (tertiary alicyclic amines) is 1. The Morgan fingerprint density at radius 3 is 2.59 bits per heavy atom. The fourth-order valence-electron chi connectivity index (χ4n) is 6.34. The summed E-state index contributed by atoms with van der Waals surface area (Å²) in [4.78, 5) is 15.9. The van der Waals surface area contributed by atoms with Crippen molar-refractivity contribution in [1.82, 2.24) is 10.2 Å². The first-order chi connectivity index (χ1) is 14.1. The van der Waals surface area contributed by atoms with Gasteiger partial charge in [-0.25, -0.2) is 0 Å². The van der Waals surface area contributed by atoms with Gasteiger partial charge in [0.05, 0.1) is 13.2 Å². The summed E-state index contributed by atoms with van der Waals surface area (Å²) in [7, 11) is 1.72. The van der Waals surface area contributed by atoms with Crippen LogP contribution in [0.4, 0.5) is 0 Å². The first-order valence-electron chi connectivity index (χ1n) is 11.6. The van der Waals surface area contributed by atoms with Crippen molar-refractivity contribution < 1.29 is 9.53 Å². The summed E-state index contributed by atoms with van der Waals surface area (Å²) in [5, 5.41) is 3.49. The van der Waals surface area contributed by atoms with Gasteiger partial charge in [-0.3, -0.25) is 9.69 Å². The lowest BCUT2D eigenvalue weighted by atomic mass is 9.65. The van der Waals surface area contributed by atoms with E-state index in [1.165, 1.54) is 37.7 Å². The Hall–Kier alpha value is -1.59. The first-order valence-corrected chi connectivity index (χ1v) is 11.6. The number of nitrogens with one attached hydrogen (secondary N) is 1. The Bertz CT molecular complexity index is 735. The highest BCUT2D eigenvalue weighted by atomic mass is 16.5. The van der Waals surface area contributed by atoms with Crippen molar-refractivity contribution in [2.45, 2.75) is 75.5 Å². The van der Waals surface area contributed by atoms with Crippen molar-refractivity contribution in [3.8, 4) is 5.75 Å². The minimum Gasteiger partial charge on any atom is -0.497 e. The number of nitrogens with two attached hydrogens (primary N) is 1. The molecule has 1 aromatic carbocycles. The number of benzene rings is 1. The van der Waals surface area contributed by atoms with Crippen molar-refractivity contribution >= 4 is 5.91 Å². The average molecular weight is 398 g/mol. The maximum atomic E-state index is 13.3. The number of amides is 1. The number of fused-ring (bicyclic) bond motifs is 2. The predicted octanol–water partition coefficient (Wildman–Crippen LogP) is 3.24. The first kappa shape index (κ1) is 19.4. The van der Waals surface area contributed by atoms with Gasteiger partial charge in [0.15, 0.2) is 0 Å². The Labute approximate surface area is 174 Å². The maximum Gasteiger partial charge on any atom is 0.223 e. The second kappa shape index (κ2) is 7.92. The Balaban J connectivity index is 1.32. The molecule has 158 valence electrons. The SMILES string of the molecule is COc1cccc(C2C(NC(=O)C3CC4CCCC(C3)C4N)CCN2C2CC2)c1. The van der Waals surface area contributed by atoms with Crippen molar-refractivity contribution in [2.24, 2.45) is 23.5 Å². The third-order valence-electron chi connectivity index (χ3n) is 8.00. The van der Waals surface area contributed by atoms with Crippen LogP contribution in [0.1, 0.15) is 63.0 Å². The van der Waals surface area contributed by atoms with E-state index in [9.17, 15) is 4.79 Å². The Kier molecular flexibility index (Phi) is 5.29. The molecule has 3 aliphatic carbocycles. The molecule has 1 aliphatic heterocycles. The molecule has 5 nitrogen and oxygen atoms in total. The molecule has 0 spiro atoms. The summed E-state index contributed by atoms with van der Waals surface area (Å²) in [5.41, 5.74) is 7.71. The molecule has 4 unspecified atom stereocenters. The normalized spacial score (nSPS) is 37.3. The lowest BCUT2D eigenvalue weighted by Crippen LogP contribution is -2.50. The number of rotatable bonds is 5. The summed E-state index contributed by atoms with van der Waals surface area (Å²) in [5.74, 6) is 2.39. The smallest absolute Gasteiger partial charge is 0.223 e. The number of ether oxygens (including phenoxy) is 1. The van der Waals surface area contributed by atoms with Crippen LogP contribution in [-0.2, 0) is 4.79 Å². The summed E-state index contributed by atoms with van der Waals surface area (Å²) in [6.45, 7) is 1.07. The highest BCUT2D eigenvalue weighted by Crippen LogP contribution is 2.44. The van der Waals surface area contributed by atoms with Crippen molar-refractivity contribution in [2.75, 3.05) is 13.7 Å². The molecule has 0 aromatic heterocycles. The molecule has 3 saturated carbocycles. The van der Waals surface area contributed by atoms with E-state index >= 15 is 0 Å². The van der Waals surface area contributed by atoms with Gasteiger partial charge in [-0.05, 0) is 74.5 Å². The summed E-state index contributed by atoms with van der Waals surface area (Å²) < 4.78 is 5.47. The van der Waals surface area contributed by atoms with Gasteiger partial charge < -0.3 is 15.8 Å². The van der Waals surface area contributed by atoms with Gasteiger partial charge in [-0.15, -0.1) is 0 Å². The molecule has 3 N–H and O–H groups in total. The van der Waals surface area contributed by atoms with Crippen LogP contribution in [0.5, 0.6) is 5.75 Å². The van der Waals surface area contributed by atoms with Gasteiger partial charge >= 0.3 is 0 Å². The molecule has 5 rings (SSSR count). The monoisotopic (exact) mass is 397 g/mol. The number of hydrogen-bond donors (Lipinski definition) is 2. The number of methoxy groups -OCH3 is 1. The third kappa shape index (κ3) is 3.79. The summed E-state index contributed by atoms with van der Waals surface area (Å²) in [6, 6.07) is 9.84. The number of carbonyl (C=O) groups is 1. The van der Waals surface area contributed by atoms with Crippen LogP contribution in [-0.4, -0.2) is 42.6 Å². The molecule has 29 heavy (non-hydrogen) atoms. The van der Waals surface area contributed by atoms with Gasteiger partial charge in [0, 0.05) is 30.6 Å². The van der Waals surface area contributed by atoms with E-state index < -0.39 is 0 Å². The van der Waals surface area contributed by atoms with Crippen LogP contribution in [0, 0.1) is 17.8 Å². The standard InChI is InChI=1S/C24H35N3O2/c1-29-20-7-3-6-17(14-20)23-21(10-11-27(23)19-8-9-19)26-24(28)18-12-15-4-2-5-16(13-18)22(15)25/h3,6-7,14-16,18-19,21-23H,2,4-5,8-13,25H2,1H3,(H,26,28). The molecule has 0 radical (unpaired) electrons. The Morgan fingerprint density at radius 2 is 1.90 bits per heavy atom. The molecule has 1 heterocycles. The van der Waals surface area contributed by atoms with Crippen LogP contribution in [0.15, 0.2) is 24.3 Å². The lowest BCUT2D eigenvalue weighted by Gasteiger charge is -2.43. The van der Waals surface area contributed by atoms with E-state index in [1.54, 1.807) is 7.11 Å². The van der Waals surface area contributed by atoms with E-state index in [-0.39, 0.29) is 23.9 Å². The summed E-state index contributed by atoms with van der Waals surface area (Å²) in [6.07, 6.45) is 9.24. The minimum absolute atomic E-state index is 0.144. The van der Waals surface area contributed by atoms with E-state index in [0.717, 1.165) is 31.6 Å². The predicted molar refractivity (Wildman–Crippen MR) is 114 cm³/mol. The molecular formula is C24H35N3O2. The fraction of sp³-hybridized carbons (Fsp3) is 0.708. The van der Waals surface area contributed by atoms with E-state index in [2.05, 4.69) is 28.4 Å². The second-order valence-electron chi connectivity index (χ2n) is 9.79. The van der Waals surface area contributed by atoms with Gasteiger partial charge in [0.1, 0.15) is 5.75 Å². The molecule has 1 amide bonds. The van der Waals surface area contributed by atoms with E-state index in [1.807, 2.05) is 6.07 Å². The molecule has 5 heteroatoms. The number of nitrogens with zero attached hydrogens (tertiary/aromatic N) is 1. The average Bonchev–Trinajstić information content (AvgIpc) is 3.48.